The van der Waals surface area contributed by atoms with E-state index in [1.165, 1.54) is 12.5 Å². The molecule has 0 atom stereocenters. The van der Waals surface area contributed by atoms with Gasteiger partial charge in [-0.2, -0.15) is 5.10 Å². The number of carbonyl (C=O) groups excluding carboxylic acids is 2. The van der Waals surface area contributed by atoms with E-state index >= 15 is 0 Å². The van der Waals surface area contributed by atoms with Crippen LogP contribution in [0, 0.1) is 0 Å². The van der Waals surface area contributed by atoms with E-state index in [2.05, 4.69) is 24.3 Å². The fourth-order valence-corrected chi connectivity index (χ4v) is 3.92. The summed E-state index contributed by atoms with van der Waals surface area (Å²) in [5.74, 6) is 0.00290. The maximum atomic E-state index is 13.0. The summed E-state index contributed by atoms with van der Waals surface area (Å²) in [5.41, 5.74) is 3.00. The molecule has 1 fully saturated rings. The van der Waals surface area contributed by atoms with Gasteiger partial charge in [0.1, 0.15) is 6.26 Å². The molecule has 0 unspecified atom stereocenters. The molecular formula is C23H26N4O3. The van der Waals surface area contributed by atoms with Crippen LogP contribution in [0.25, 0.3) is 5.69 Å². The lowest BCUT2D eigenvalue weighted by Gasteiger charge is -2.32. The summed E-state index contributed by atoms with van der Waals surface area (Å²) in [4.78, 5) is 27.3. The number of likely N-dealkylation sites (tertiary alicyclic amines) is 1. The Kier molecular flexibility index (Phi) is 5.70. The number of nitrogens with zero attached hydrogens (tertiary/aromatic N) is 3. The predicted octanol–water partition coefficient (Wildman–Crippen LogP) is 3.62. The number of amides is 2. The van der Waals surface area contributed by atoms with Gasteiger partial charge >= 0.3 is 0 Å². The quantitative estimate of drug-likeness (QED) is 0.702. The minimum absolute atomic E-state index is 0.0280. The molecule has 0 radical (unpaired) electrons. The minimum Gasteiger partial charge on any atom is -0.472 e. The summed E-state index contributed by atoms with van der Waals surface area (Å²) >= 11 is 0. The van der Waals surface area contributed by atoms with Gasteiger partial charge in [-0.1, -0.05) is 32.0 Å². The van der Waals surface area contributed by atoms with Gasteiger partial charge in [0.25, 0.3) is 11.8 Å². The monoisotopic (exact) mass is 406 g/mol. The Balaban J connectivity index is 1.42. The number of rotatable bonds is 5. The van der Waals surface area contributed by atoms with Gasteiger partial charge in [0, 0.05) is 19.1 Å². The van der Waals surface area contributed by atoms with Crippen LogP contribution in [0.15, 0.2) is 59.5 Å². The number of hydrogen-bond acceptors (Lipinski definition) is 4. The van der Waals surface area contributed by atoms with Crippen LogP contribution in [-0.2, 0) is 0 Å². The average Bonchev–Trinajstić information content (AvgIpc) is 3.45. The third-order valence-corrected chi connectivity index (χ3v) is 5.48. The highest BCUT2D eigenvalue weighted by Crippen LogP contribution is 2.23. The van der Waals surface area contributed by atoms with E-state index in [9.17, 15) is 9.59 Å². The largest absolute Gasteiger partial charge is 0.472 e. The molecule has 0 spiro atoms. The van der Waals surface area contributed by atoms with Crippen molar-refractivity contribution in [1.29, 1.82) is 0 Å². The van der Waals surface area contributed by atoms with Crippen molar-refractivity contribution >= 4 is 11.8 Å². The van der Waals surface area contributed by atoms with Gasteiger partial charge in [-0.3, -0.25) is 9.59 Å². The first-order valence-corrected chi connectivity index (χ1v) is 10.3. The fraction of sp³-hybridized carbons (Fsp3) is 0.348. The van der Waals surface area contributed by atoms with Gasteiger partial charge in [-0.25, -0.2) is 4.68 Å². The van der Waals surface area contributed by atoms with Gasteiger partial charge in [-0.15, -0.1) is 0 Å². The summed E-state index contributed by atoms with van der Waals surface area (Å²) in [6.07, 6.45) is 6.06. The lowest BCUT2D eigenvalue weighted by atomic mass is 10.0. The molecular weight excluding hydrogens is 380 g/mol. The number of furan rings is 1. The Morgan fingerprint density at radius 2 is 1.87 bits per heavy atom. The number of nitrogens with one attached hydrogen (secondary N) is 1. The molecule has 1 aliphatic rings. The van der Waals surface area contributed by atoms with E-state index in [4.69, 9.17) is 4.42 Å². The van der Waals surface area contributed by atoms with E-state index in [0.717, 1.165) is 24.2 Å². The Morgan fingerprint density at radius 3 is 2.50 bits per heavy atom. The molecule has 0 saturated carbocycles. The standard InChI is InChI=1S/C23H26N4O3/c1-16(2)21-20(14-24-27(21)19-6-4-3-5-7-19)22(28)25-18-8-11-26(12-9-18)23(29)17-10-13-30-15-17/h3-7,10,13-16,18H,8-9,11-12H2,1-2H3,(H,25,28). The van der Waals surface area contributed by atoms with Crippen LogP contribution in [0.2, 0.25) is 0 Å². The molecule has 2 aromatic heterocycles. The first kappa shape index (κ1) is 19.9. The molecule has 1 aromatic carbocycles. The van der Waals surface area contributed by atoms with E-state index in [1.54, 1.807) is 17.2 Å². The van der Waals surface area contributed by atoms with Crippen molar-refractivity contribution in [2.45, 2.75) is 38.6 Å². The summed E-state index contributed by atoms with van der Waals surface area (Å²) < 4.78 is 6.84. The van der Waals surface area contributed by atoms with Gasteiger partial charge in [-0.05, 0) is 37.0 Å². The number of aromatic nitrogens is 2. The SMILES string of the molecule is CC(C)c1c(C(=O)NC2CCN(C(=O)c3ccoc3)CC2)cnn1-c1ccccc1. The predicted molar refractivity (Wildman–Crippen MR) is 113 cm³/mol. The highest BCUT2D eigenvalue weighted by atomic mass is 16.3. The third kappa shape index (κ3) is 4.01. The molecule has 7 nitrogen and oxygen atoms in total. The number of para-hydroxylation sites is 1. The normalized spacial score (nSPS) is 14.8. The average molecular weight is 406 g/mol. The lowest BCUT2D eigenvalue weighted by Crippen LogP contribution is -2.46. The maximum absolute atomic E-state index is 13.0. The van der Waals surface area contributed by atoms with E-state index in [1.807, 2.05) is 35.0 Å². The van der Waals surface area contributed by atoms with Gasteiger partial charge in [0.05, 0.1) is 35.0 Å². The van der Waals surface area contributed by atoms with Crippen molar-refractivity contribution < 1.29 is 14.0 Å². The molecule has 7 heteroatoms. The Morgan fingerprint density at radius 1 is 1.13 bits per heavy atom. The summed E-state index contributed by atoms with van der Waals surface area (Å²) in [6.45, 7) is 5.34. The van der Waals surface area contributed by atoms with Crippen LogP contribution in [0.3, 0.4) is 0 Å². The topological polar surface area (TPSA) is 80.4 Å². The second kappa shape index (κ2) is 8.57. The van der Waals surface area contributed by atoms with Crippen LogP contribution >= 0.6 is 0 Å². The highest BCUT2D eigenvalue weighted by molar-refractivity contribution is 5.96. The summed E-state index contributed by atoms with van der Waals surface area (Å²) in [5, 5.41) is 7.62. The number of piperidine rings is 1. The minimum atomic E-state index is -0.111. The zero-order valence-electron chi connectivity index (χ0n) is 17.2. The van der Waals surface area contributed by atoms with Crippen molar-refractivity contribution in [1.82, 2.24) is 20.0 Å². The van der Waals surface area contributed by atoms with Crippen molar-refractivity contribution in [3.05, 3.63) is 71.9 Å². The second-order valence-corrected chi connectivity index (χ2v) is 7.90. The van der Waals surface area contributed by atoms with Gasteiger partial charge < -0.3 is 14.6 Å². The smallest absolute Gasteiger partial charge is 0.257 e. The van der Waals surface area contributed by atoms with Crippen LogP contribution in [-0.4, -0.2) is 45.6 Å². The third-order valence-electron chi connectivity index (χ3n) is 5.48. The Labute approximate surface area is 175 Å². The molecule has 30 heavy (non-hydrogen) atoms. The van der Waals surface area contributed by atoms with Crippen molar-refractivity contribution in [2.75, 3.05) is 13.1 Å². The Hall–Kier alpha value is -3.35. The van der Waals surface area contributed by atoms with Crippen LogP contribution in [0.4, 0.5) is 0 Å². The van der Waals surface area contributed by atoms with Crippen molar-refractivity contribution in [3.8, 4) is 5.69 Å². The number of carbonyl (C=O) groups is 2. The summed E-state index contributed by atoms with van der Waals surface area (Å²) in [6, 6.07) is 11.5. The molecule has 1 saturated heterocycles. The zero-order chi connectivity index (χ0) is 21.1. The van der Waals surface area contributed by atoms with Gasteiger partial charge in [0.15, 0.2) is 0 Å². The first-order chi connectivity index (χ1) is 14.5. The lowest BCUT2D eigenvalue weighted by molar-refractivity contribution is 0.0697. The second-order valence-electron chi connectivity index (χ2n) is 7.90. The number of benzene rings is 1. The van der Waals surface area contributed by atoms with E-state index in [-0.39, 0.29) is 23.8 Å². The van der Waals surface area contributed by atoms with Crippen molar-refractivity contribution in [2.24, 2.45) is 0 Å². The molecule has 1 aliphatic heterocycles. The maximum Gasteiger partial charge on any atom is 0.257 e. The van der Waals surface area contributed by atoms with Gasteiger partial charge in [0.2, 0.25) is 0 Å². The fourth-order valence-electron chi connectivity index (χ4n) is 3.92. The Bertz CT molecular complexity index is 1000. The molecule has 4 rings (SSSR count). The molecule has 2 amide bonds. The van der Waals surface area contributed by atoms with Crippen LogP contribution in [0.5, 0.6) is 0 Å². The molecule has 3 aromatic rings. The van der Waals surface area contributed by atoms with Crippen molar-refractivity contribution in [3.63, 3.8) is 0 Å². The number of hydrogen-bond donors (Lipinski definition) is 1. The van der Waals surface area contributed by atoms with E-state index < -0.39 is 0 Å². The summed E-state index contributed by atoms with van der Waals surface area (Å²) in [7, 11) is 0. The first-order valence-electron chi connectivity index (χ1n) is 10.3. The zero-order valence-corrected chi connectivity index (χ0v) is 17.2. The molecule has 3 heterocycles. The molecule has 1 N–H and O–H groups in total. The molecule has 0 bridgehead atoms. The van der Waals surface area contributed by atoms with Crippen LogP contribution in [0.1, 0.15) is 59.0 Å². The van der Waals surface area contributed by atoms with E-state index in [0.29, 0.717) is 24.2 Å². The molecule has 0 aliphatic carbocycles. The molecule has 156 valence electrons. The highest BCUT2D eigenvalue weighted by Gasteiger charge is 2.27. The van der Waals surface area contributed by atoms with Crippen LogP contribution < -0.4 is 5.32 Å².